The van der Waals surface area contributed by atoms with Crippen molar-refractivity contribution >= 4 is 23.4 Å². The van der Waals surface area contributed by atoms with E-state index in [4.69, 9.17) is 10.5 Å². The Balaban J connectivity index is 2.40. The molecule has 0 bridgehead atoms. The van der Waals surface area contributed by atoms with Crippen molar-refractivity contribution in [1.82, 2.24) is 0 Å². The SMILES string of the molecule is COC(=O)c1cc(N)ccc1Sc1ccccc1F. The van der Waals surface area contributed by atoms with Crippen molar-refractivity contribution in [3.63, 3.8) is 0 Å². The summed E-state index contributed by atoms with van der Waals surface area (Å²) in [5.41, 5.74) is 6.44. The first-order chi connectivity index (χ1) is 9.11. The van der Waals surface area contributed by atoms with Crippen LogP contribution in [0.3, 0.4) is 0 Å². The van der Waals surface area contributed by atoms with Gasteiger partial charge in [-0.25, -0.2) is 9.18 Å². The van der Waals surface area contributed by atoms with Crippen LogP contribution in [0.25, 0.3) is 0 Å². The summed E-state index contributed by atoms with van der Waals surface area (Å²) in [6.07, 6.45) is 0. The largest absolute Gasteiger partial charge is 0.465 e. The van der Waals surface area contributed by atoms with Crippen LogP contribution in [0.5, 0.6) is 0 Å². The summed E-state index contributed by atoms with van der Waals surface area (Å²) >= 11 is 1.16. The average molecular weight is 277 g/mol. The molecule has 0 heterocycles. The van der Waals surface area contributed by atoms with Crippen LogP contribution in [0, 0.1) is 5.82 Å². The van der Waals surface area contributed by atoms with Gasteiger partial charge in [0.15, 0.2) is 0 Å². The summed E-state index contributed by atoms with van der Waals surface area (Å²) in [7, 11) is 1.29. The molecule has 0 saturated carbocycles. The third-order valence-electron chi connectivity index (χ3n) is 2.47. The maximum absolute atomic E-state index is 13.6. The molecule has 0 aliphatic carbocycles. The number of anilines is 1. The van der Waals surface area contributed by atoms with Crippen molar-refractivity contribution in [3.05, 3.63) is 53.8 Å². The fourth-order valence-corrected chi connectivity index (χ4v) is 2.49. The van der Waals surface area contributed by atoms with Gasteiger partial charge in [0.05, 0.1) is 12.7 Å². The number of nitrogens with two attached hydrogens (primary N) is 1. The first kappa shape index (κ1) is 13.4. The predicted molar refractivity (Wildman–Crippen MR) is 72.7 cm³/mol. The van der Waals surface area contributed by atoms with Gasteiger partial charge >= 0.3 is 5.97 Å². The molecule has 0 unspecified atom stereocenters. The number of halogens is 1. The molecule has 19 heavy (non-hydrogen) atoms. The molecule has 2 aromatic rings. The fraction of sp³-hybridized carbons (Fsp3) is 0.0714. The first-order valence-electron chi connectivity index (χ1n) is 5.52. The minimum absolute atomic E-state index is 0.329. The van der Waals surface area contributed by atoms with Gasteiger partial charge in [0.25, 0.3) is 0 Å². The van der Waals surface area contributed by atoms with Crippen molar-refractivity contribution < 1.29 is 13.9 Å². The number of nitrogen functional groups attached to an aromatic ring is 1. The van der Waals surface area contributed by atoms with E-state index >= 15 is 0 Å². The molecule has 2 N–H and O–H groups in total. The minimum Gasteiger partial charge on any atom is -0.465 e. The molecule has 98 valence electrons. The summed E-state index contributed by atoms with van der Waals surface area (Å²) in [5.74, 6) is -0.828. The highest BCUT2D eigenvalue weighted by atomic mass is 32.2. The monoisotopic (exact) mass is 277 g/mol. The highest BCUT2D eigenvalue weighted by Gasteiger charge is 2.14. The zero-order valence-electron chi connectivity index (χ0n) is 10.2. The van der Waals surface area contributed by atoms with Gasteiger partial charge in [0.1, 0.15) is 5.82 Å². The maximum Gasteiger partial charge on any atom is 0.339 e. The molecular weight excluding hydrogens is 265 g/mol. The molecular formula is C14H12FNO2S. The van der Waals surface area contributed by atoms with Crippen molar-refractivity contribution in [2.75, 3.05) is 12.8 Å². The standard InChI is InChI=1S/C14H12FNO2S/c1-18-14(17)10-8-9(16)6-7-12(10)19-13-5-3-2-4-11(13)15/h2-8H,16H2,1H3. The van der Waals surface area contributed by atoms with Crippen LogP contribution in [0.2, 0.25) is 0 Å². The van der Waals surface area contributed by atoms with Crippen molar-refractivity contribution in [2.24, 2.45) is 0 Å². The molecule has 0 aliphatic heterocycles. The van der Waals surface area contributed by atoms with Crippen LogP contribution in [0.1, 0.15) is 10.4 Å². The van der Waals surface area contributed by atoms with Gasteiger partial charge in [0, 0.05) is 15.5 Å². The van der Waals surface area contributed by atoms with E-state index < -0.39 is 5.97 Å². The number of methoxy groups -OCH3 is 1. The molecule has 0 atom stereocenters. The van der Waals surface area contributed by atoms with E-state index in [1.54, 1.807) is 30.3 Å². The summed E-state index contributed by atoms with van der Waals surface area (Å²) in [6.45, 7) is 0. The molecule has 0 spiro atoms. The minimum atomic E-state index is -0.494. The van der Waals surface area contributed by atoms with Gasteiger partial charge < -0.3 is 10.5 Å². The zero-order chi connectivity index (χ0) is 13.8. The topological polar surface area (TPSA) is 52.3 Å². The smallest absolute Gasteiger partial charge is 0.339 e. The Labute approximate surface area is 114 Å². The van der Waals surface area contributed by atoms with Gasteiger partial charge in [-0.1, -0.05) is 23.9 Å². The van der Waals surface area contributed by atoms with Crippen LogP contribution >= 0.6 is 11.8 Å². The number of carbonyl (C=O) groups excluding carboxylic acids is 1. The Kier molecular flexibility index (Phi) is 4.06. The third kappa shape index (κ3) is 3.06. The zero-order valence-corrected chi connectivity index (χ0v) is 11.0. The lowest BCUT2D eigenvalue weighted by Crippen LogP contribution is -2.04. The lowest BCUT2D eigenvalue weighted by atomic mass is 10.2. The Morgan fingerprint density at radius 2 is 1.95 bits per heavy atom. The molecule has 0 aromatic heterocycles. The molecule has 0 fully saturated rings. The van der Waals surface area contributed by atoms with E-state index in [1.807, 2.05) is 0 Å². The van der Waals surface area contributed by atoms with Crippen molar-refractivity contribution in [3.8, 4) is 0 Å². The second-order valence-electron chi connectivity index (χ2n) is 3.78. The number of rotatable bonds is 3. The van der Waals surface area contributed by atoms with E-state index in [2.05, 4.69) is 0 Å². The third-order valence-corrected chi connectivity index (χ3v) is 3.59. The first-order valence-corrected chi connectivity index (χ1v) is 6.33. The van der Waals surface area contributed by atoms with Gasteiger partial charge in [-0.2, -0.15) is 0 Å². The number of benzene rings is 2. The average Bonchev–Trinajstić information content (AvgIpc) is 2.42. The molecule has 2 rings (SSSR count). The molecule has 0 saturated heterocycles. The van der Waals surface area contributed by atoms with Gasteiger partial charge in [-0.15, -0.1) is 0 Å². The molecule has 0 amide bonds. The van der Waals surface area contributed by atoms with Crippen LogP contribution in [0.4, 0.5) is 10.1 Å². The fourth-order valence-electron chi connectivity index (χ4n) is 1.55. The highest BCUT2D eigenvalue weighted by molar-refractivity contribution is 7.99. The molecule has 2 aromatic carbocycles. The Hall–Kier alpha value is -2.01. The lowest BCUT2D eigenvalue weighted by Gasteiger charge is -2.09. The number of ether oxygens (including phenoxy) is 1. The predicted octanol–water partition coefficient (Wildman–Crippen LogP) is 3.35. The van der Waals surface area contributed by atoms with Gasteiger partial charge in [-0.3, -0.25) is 0 Å². The van der Waals surface area contributed by atoms with Gasteiger partial charge in [0.2, 0.25) is 0 Å². The summed E-state index contributed by atoms with van der Waals surface area (Å²) in [6, 6.07) is 11.2. The summed E-state index contributed by atoms with van der Waals surface area (Å²) in [4.78, 5) is 12.7. The highest BCUT2D eigenvalue weighted by Crippen LogP contribution is 2.33. The van der Waals surface area contributed by atoms with Crippen LogP contribution in [-0.4, -0.2) is 13.1 Å². The number of carbonyl (C=O) groups is 1. The number of hydrogen-bond acceptors (Lipinski definition) is 4. The van der Waals surface area contributed by atoms with E-state index in [9.17, 15) is 9.18 Å². The number of esters is 1. The summed E-state index contributed by atoms with van der Waals surface area (Å²) in [5, 5.41) is 0. The Morgan fingerprint density at radius 3 is 2.63 bits per heavy atom. The molecule has 3 nitrogen and oxygen atoms in total. The van der Waals surface area contributed by atoms with Crippen LogP contribution in [0.15, 0.2) is 52.3 Å². The van der Waals surface area contributed by atoms with Crippen molar-refractivity contribution in [1.29, 1.82) is 0 Å². The maximum atomic E-state index is 13.6. The molecule has 5 heteroatoms. The second kappa shape index (κ2) is 5.75. The van der Waals surface area contributed by atoms with E-state index in [1.165, 1.54) is 19.2 Å². The molecule has 0 aliphatic rings. The van der Waals surface area contributed by atoms with Crippen LogP contribution < -0.4 is 5.73 Å². The van der Waals surface area contributed by atoms with Crippen molar-refractivity contribution in [2.45, 2.75) is 9.79 Å². The Morgan fingerprint density at radius 1 is 1.21 bits per heavy atom. The lowest BCUT2D eigenvalue weighted by molar-refractivity contribution is 0.0597. The number of hydrogen-bond donors (Lipinski definition) is 1. The van der Waals surface area contributed by atoms with Gasteiger partial charge in [-0.05, 0) is 30.3 Å². The van der Waals surface area contributed by atoms with E-state index in [0.29, 0.717) is 21.0 Å². The quantitative estimate of drug-likeness (QED) is 0.690. The second-order valence-corrected chi connectivity index (χ2v) is 4.86. The molecule has 0 radical (unpaired) electrons. The normalized spacial score (nSPS) is 10.2. The van der Waals surface area contributed by atoms with E-state index in [-0.39, 0.29) is 5.82 Å². The summed E-state index contributed by atoms with van der Waals surface area (Å²) < 4.78 is 18.3. The Bertz CT molecular complexity index is 616. The van der Waals surface area contributed by atoms with Crippen LogP contribution in [-0.2, 0) is 4.74 Å². The van der Waals surface area contributed by atoms with E-state index in [0.717, 1.165) is 11.8 Å².